The van der Waals surface area contributed by atoms with Crippen LogP contribution < -0.4 is 5.32 Å². The summed E-state index contributed by atoms with van der Waals surface area (Å²) < 4.78 is 1.57. The SMILES string of the molecule is Cc1cc(C)c2nc(-n3ncc(C#N)c3NC(=O)C3CCCCC3)cc(C)c2c1. The zero-order valence-electron chi connectivity index (χ0n) is 17.1. The number of pyridine rings is 1. The average molecular weight is 387 g/mol. The van der Waals surface area contributed by atoms with E-state index in [-0.39, 0.29) is 11.8 Å². The summed E-state index contributed by atoms with van der Waals surface area (Å²) in [5.74, 6) is 0.962. The predicted octanol–water partition coefficient (Wildman–Crippen LogP) is 4.74. The monoisotopic (exact) mass is 387 g/mol. The van der Waals surface area contributed by atoms with Crippen molar-refractivity contribution in [1.29, 1.82) is 5.26 Å². The van der Waals surface area contributed by atoms with Gasteiger partial charge in [-0.25, -0.2) is 4.98 Å². The number of benzene rings is 1. The number of fused-ring (bicyclic) bond motifs is 1. The lowest BCUT2D eigenvalue weighted by Gasteiger charge is -2.21. The maximum Gasteiger partial charge on any atom is 0.228 e. The van der Waals surface area contributed by atoms with Crippen LogP contribution in [0.2, 0.25) is 0 Å². The molecule has 0 spiro atoms. The Hall–Kier alpha value is -3.20. The van der Waals surface area contributed by atoms with Crippen LogP contribution >= 0.6 is 0 Å². The number of nitrogens with zero attached hydrogens (tertiary/aromatic N) is 4. The van der Waals surface area contributed by atoms with E-state index in [4.69, 9.17) is 4.98 Å². The number of amides is 1. The summed E-state index contributed by atoms with van der Waals surface area (Å²) in [7, 11) is 0. The highest BCUT2D eigenvalue weighted by Gasteiger charge is 2.24. The molecule has 148 valence electrons. The lowest BCUT2D eigenvalue weighted by Crippen LogP contribution is -2.26. The van der Waals surface area contributed by atoms with Crippen LogP contribution in [0.5, 0.6) is 0 Å². The second kappa shape index (κ2) is 7.67. The number of nitrogens with one attached hydrogen (secondary N) is 1. The molecule has 0 unspecified atom stereocenters. The third kappa shape index (κ3) is 3.61. The number of rotatable bonds is 3. The number of hydrogen-bond acceptors (Lipinski definition) is 4. The fraction of sp³-hybridized carbons (Fsp3) is 0.391. The summed E-state index contributed by atoms with van der Waals surface area (Å²) in [4.78, 5) is 17.6. The van der Waals surface area contributed by atoms with Gasteiger partial charge in [0.25, 0.3) is 0 Å². The fourth-order valence-corrected chi connectivity index (χ4v) is 4.24. The Kier molecular flexibility index (Phi) is 5.06. The Morgan fingerprint density at radius 3 is 2.62 bits per heavy atom. The molecule has 0 bridgehead atoms. The summed E-state index contributed by atoms with van der Waals surface area (Å²) in [5, 5.41) is 18.0. The molecule has 0 aliphatic heterocycles. The molecule has 0 saturated heterocycles. The number of nitriles is 1. The van der Waals surface area contributed by atoms with Crippen LogP contribution in [-0.4, -0.2) is 20.7 Å². The molecule has 1 aliphatic rings. The minimum Gasteiger partial charge on any atom is -0.309 e. The number of aromatic nitrogens is 3. The number of aryl methyl sites for hydroxylation is 3. The Bertz CT molecular complexity index is 1130. The molecule has 0 radical (unpaired) electrons. The molecule has 1 N–H and O–H groups in total. The van der Waals surface area contributed by atoms with Crippen LogP contribution in [0.15, 0.2) is 24.4 Å². The second-order valence-electron chi connectivity index (χ2n) is 8.03. The smallest absolute Gasteiger partial charge is 0.228 e. The van der Waals surface area contributed by atoms with Crippen molar-refractivity contribution in [2.24, 2.45) is 5.92 Å². The number of carbonyl (C=O) groups excluding carboxylic acids is 1. The van der Waals surface area contributed by atoms with Crippen LogP contribution in [-0.2, 0) is 4.79 Å². The van der Waals surface area contributed by atoms with Crippen molar-refractivity contribution >= 4 is 22.6 Å². The molecule has 29 heavy (non-hydrogen) atoms. The molecule has 1 aromatic carbocycles. The zero-order chi connectivity index (χ0) is 20.5. The molecule has 1 aliphatic carbocycles. The summed E-state index contributed by atoms with van der Waals surface area (Å²) >= 11 is 0. The van der Waals surface area contributed by atoms with E-state index in [0.717, 1.165) is 47.7 Å². The minimum atomic E-state index is -0.0349. The summed E-state index contributed by atoms with van der Waals surface area (Å²) in [6.45, 7) is 6.16. The third-order valence-corrected chi connectivity index (χ3v) is 5.77. The van der Waals surface area contributed by atoms with Gasteiger partial charge in [-0.05, 0) is 56.9 Å². The number of anilines is 1. The average Bonchev–Trinajstić information content (AvgIpc) is 3.11. The Morgan fingerprint density at radius 2 is 1.90 bits per heavy atom. The van der Waals surface area contributed by atoms with E-state index < -0.39 is 0 Å². The zero-order valence-corrected chi connectivity index (χ0v) is 17.1. The van der Waals surface area contributed by atoms with E-state index in [2.05, 4.69) is 35.5 Å². The predicted molar refractivity (Wildman–Crippen MR) is 113 cm³/mol. The highest BCUT2D eigenvalue weighted by Crippen LogP contribution is 2.28. The molecule has 1 amide bonds. The topological polar surface area (TPSA) is 83.6 Å². The van der Waals surface area contributed by atoms with Crippen molar-refractivity contribution in [2.45, 2.75) is 52.9 Å². The van der Waals surface area contributed by atoms with Gasteiger partial charge < -0.3 is 5.32 Å². The first-order valence-electron chi connectivity index (χ1n) is 10.2. The van der Waals surface area contributed by atoms with Gasteiger partial charge >= 0.3 is 0 Å². The molecule has 2 heterocycles. The van der Waals surface area contributed by atoms with Crippen molar-refractivity contribution < 1.29 is 4.79 Å². The van der Waals surface area contributed by atoms with Crippen molar-refractivity contribution in [3.8, 4) is 11.9 Å². The van der Waals surface area contributed by atoms with E-state index in [0.29, 0.717) is 17.2 Å². The van der Waals surface area contributed by atoms with Crippen LogP contribution in [0.25, 0.3) is 16.7 Å². The van der Waals surface area contributed by atoms with Crippen LogP contribution in [0.1, 0.15) is 54.4 Å². The lowest BCUT2D eigenvalue weighted by molar-refractivity contribution is -0.120. The van der Waals surface area contributed by atoms with Crippen molar-refractivity contribution in [1.82, 2.24) is 14.8 Å². The maximum atomic E-state index is 12.8. The van der Waals surface area contributed by atoms with Gasteiger partial charge in [-0.1, -0.05) is 30.9 Å². The molecule has 6 heteroatoms. The van der Waals surface area contributed by atoms with Gasteiger partial charge in [0, 0.05) is 11.3 Å². The molecule has 1 fully saturated rings. The van der Waals surface area contributed by atoms with Crippen LogP contribution in [0.4, 0.5) is 5.82 Å². The Balaban J connectivity index is 1.77. The van der Waals surface area contributed by atoms with Crippen LogP contribution in [0.3, 0.4) is 0 Å². The van der Waals surface area contributed by atoms with E-state index in [1.165, 1.54) is 18.2 Å². The molecule has 1 saturated carbocycles. The second-order valence-corrected chi connectivity index (χ2v) is 8.03. The molecule has 3 aromatic rings. The molecule has 2 aromatic heterocycles. The third-order valence-electron chi connectivity index (χ3n) is 5.77. The van der Waals surface area contributed by atoms with Gasteiger partial charge in [0.1, 0.15) is 11.6 Å². The van der Waals surface area contributed by atoms with Gasteiger partial charge in [0.05, 0.1) is 11.7 Å². The molecule has 0 atom stereocenters. The van der Waals surface area contributed by atoms with Crippen molar-refractivity contribution in [3.63, 3.8) is 0 Å². The number of carbonyl (C=O) groups is 1. The van der Waals surface area contributed by atoms with Gasteiger partial charge in [-0.15, -0.1) is 0 Å². The normalized spacial score (nSPS) is 14.7. The molecule has 4 rings (SSSR count). The van der Waals surface area contributed by atoms with E-state index >= 15 is 0 Å². The van der Waals surface area contributed by atoms with Gasteiger partial charge in [-0.3, -0.25) is 4.79 Å². The molecule has 6 nitrogen and oxygen atoms in total. The summed E-state index contributed by atoms with van der Waals surface area (Å²) in [6.07, 6.45) is 6.62. The van der Waals surface area contributed by atoms with E-state index in [1.807, 2.05) is 19.9 Å². The highest BCUT2D eigenvalue weighted by molar-refractivity contribution is 5.93. The highest BCUT2D eigenvalue weighted by atomic mass is 16.2. The lowest BCUT2D eigenvalue weighted by atomic mass is 9.89. The van der Waals surface area contributed by atoms with Crippen molar-refractivity contribution in [2.75, 3.05) is 5.32 Å². The van der Waals surface area contributed by atoms with Gasteiger partial charge in [0.2, 0.25) is 5.91 Å². The molecular weight excluding hydrogens is 362 g/mol. The van der Waals surface area contributed by atoms with E-state index in [9.17, 15) is 10.1 Å². The first kappa shape index (κ1) is 19.1. The number of hydrogen-bond donors (Lipinski definition) is 1. The van der Waals surface area contributed by atoms with Crippen molar-refractivity contribution in [3.05, 3.63) is 46.6 Å². The Labute approximate surface area is 170 Å². The first-order valence-corrected chi connectivity index (χ1v) is 10.2. The maximum absolute atomic E-state index is 12.8. The van der Waals surface area contributed by atoms with Gasteiger partial charge in [-0.2, -0.15) is 15.0 Å². The van der Waals surface area contributed by atoms with Crippen LogP contribution in [0, 0.1) is 38.0 Å². The fourth-order valence-electron chi connectivity index (χ4n) is 4.24. The summed E-state index contributed by atoms with van der Waals surface area (Å²) in [6, 6.07) is 8.32. The van der Waals surface area contributed by atoms with E-state index in [1.54, 1.807) is 4.68 Å². The first-order chi connectivity index (χ1) is 14.0. The quantitative estimate of drug-likeness (QED) is 0.704. The van der Waals surface area contributed by atoms with Gasteiger partial charge in [0.15, 0.2) is 11.6 Å². The standard InChI is InChI=1S/C23H25N5O/c1-14-9-16(3)21-19(10-14)15(2)11-20(26-21)28-22(18(12-24)13-25-28)27-23(29)17-7-5-4-6-8-17/h9-11,13,17H,4-8H2,1-3H3,(H,27,29). The summed E-state index contributed by atoms with van der Waals surface area (Å²) in [5.41, 5.74) is 4.61. The molecular formula is C23H25N5O. The minimum absolute atomic E-state index is 0.00448. The largest absolute Gasteiger partial charge is 0.309 e. The Morgan fingerprint density at radius 1 is 1.14 bits per heavy atom.